The van der Waals surface area contributed by atoms with Gasteiger partial charge in [0.2, 0.25) is 0 Å². The summed E-state index contributed by atoms with van der Waals surface area (Å²) in [6.07, 6.45) is 0. The molecule has 0 radical (unpaired) electrons. The SMILES string of the molecule is Cc1ccc(C2=C(Nc3ccc4c(c3)OCCO4)C(=O)N(c3ccc(F)cc3)C2=O)c(C)c1. The lowest BCUT2D eigenvalue weighted by atomic mass is 9.97. The van der Waals surface area contributed by atoms with E-state index >= 15 is 0 Å². The van der Waals surface area contributed by atoms with Crippen molar-refractivity contribution in [3.63, 3.8) is 0 Å². The summed E-state index contributed by atoms with van der Waals surface area (Å²) in [5.41, 5.74) is 3.86. The van der Waals surface area contributed by atoms with Crippen LogP contribution in [-0.2, 0) is 9.59 Å². The van der Waals surface area contributed by atoms with Crippen molar-refractivity contribution in [3.05, 3.63) is 88.9 Å². The van der Waals surface area contributed by atoms with Crippen molar-refractivity contribution in [2.45, 2.75) is 13.8 Å². The average molecular weight is 444 g/mol. The Hall–Kier alpha value is -4.13. The Morgan fingerprint density at radius 1 is 0.848 bits per heavy atom. The van der Waals surface area contributed by atoms with Crippen molar-refractivity contribution >= 4 is 28.8 Å². The van der Waals surface area contributed by atoms with E-state index in [0.29, 0.717) is 41.7 Å². The zero-order valence-electron chi connectivity index (χ0n) is 18.1. The first-order chi connectivity index (χ1) is 15.9. The summed E-state index contributed by atoms with van der Waals surface area (Å²) >= 11 is 0. The third-order valence-electron chi connectivity index (χ3n) is 5.63. The maximum atomic E-state index is 13.5. The number of amides is 2. The second-order valence-corrected chi connectivity index (χ2v) is 7.97. The fourth-order valence-corrected chi connectivity index (χ4v) is 4.08. The molecule has 2 amide bonds. The van der Waals surface area contributed by atoms with E-state index in [4.69, 9.17) is 9.47 Å². The summed E-state index contributed by atoms with van der Waals surface area (Å²) in [6, 6.07) is 16.2. The van der Waals surface area contributed by atoms with Gasteiger partial charge < -0.3 is 14.8 Å². The molecule has 6 nitrogen and oxygen atoms in total. The highest BCUT2D eigenvalue weighted by molar-refractivity contribution is 6.46. The van der Waals surface area contributed by atoms with Gasteiger partial charge in [-0.1, -0.05) is 23.8 Å². The number of hydrogen-bond donors (Lipinski definition) is 1. The molecule has 33 heavy (non-hydrogen) atoms. The maximum Gasteiger partial charge on any atom is 0.282 e. The zero-order chi connectivity index (χ0) is 23.1. The number of carbonyl (C=O) groups is 2. The molecule has 0 aromatic heterocycles. The molecule has 3 aromatic rings. The summed E-state index contributed by atoms with van der Waals surface area (Å²) in [7, 11) is 0. The van der Waals surface area contributed by atoms with Gasteiger partial charge in [0.15, 0.2) is 11.5 Å². The number of fused-ring (bicyclic) bond motifs is 1. The van der Waals surface area contributed by atoms with Crippen molar-refractivity contribution in [3.8, 4) is 11.5 Å². The number of hydrogen-bond acceptors (Lipinski definition) is 5. The van der Waals surface area contributed by atoms with E-state index in [-0.39, 0.29) is 11.3 Å². The molecule has 0 unspecified atom stereocenters. The van der Waals surface area contributed by atoms with Crippen LogP contribution >= 0.6 is 0 Å². The average Bonchev–Trinajstić information content (AvgIpc) is 3.04. The van der Waals surface area contributed by atoms with Crippen LogP contribution in [0.5, 0.6) is 11.5 Å². The third-order valence-corrected chi connectivity index (χ3v) is 5.63. The van der Waals surface area contributed by atoms with Gasteiger partial charge >= 0.3 is 0 Å². The normalized spacial score (nSPS) is 15.3. The quantitative estimate of drug-likeness (QED) is 0.596. The first-order valence-electron chi connectivity index (χ1n) is 10.6. The summed E-state index contributed by atoms with van der Waals surface area (Å²) in [5, 5.41) is 3.13. The minimum Gasteiger partial charge on any atom is -0.486 e. The van der Waals surface area contributed by atoms with Gasteiger partial charge in [-0.2, -0.15) is 0 Å². The van der Waals surface area contributed by atoms with E-state index in [9.17, 15) is 14.0 Å². The number of benzene rings is 3. The van der Waals surface area contributed by atoms with E-state index in [2.05, 4.69) is 5.32 Å². The molecule has 2 aliphatic heterocycles. The minimum absolute atomic E-state index is 0.146. The fourth-order valence-electron chi connectivity index (χ4n) is 4.08. The van der Waals surface area contributed by atoms with E-state index in [1.807, 2.05) is 32.0 Å². The number of imide groups is 1. The van der Waals surface area contributed by atoms with E-state index in [1.165, 1.54) is 24.3 Å². The van der Waals surface area contributed by atoms with Gasteiger partial charge in [-0.3, -0.25) is 9.59 Å². The number of nitrogens with one attached hydrogen (secondary N) is 1. The predicted octanol–water partition coefficient (Wildman–Crippen LogP) is 4.61. The monoisotopic (exact) mass is 444 g/mol. The lowest BCUT2D eigenvalue weighted by Gasteiger charge is -2.19. The molecule has 7 heteroatoms. The van der Waals surface area contributed by atoms with Crippen molar-refractivity contribution in [2.75, 3.05) is 23.4 Å². The van der Waals surface area contributed by atoms with Crippen LogP contribution in [0.4, 0.5) is 15.8 Å². The predicted molar refractivity (Wildman–Crippen MR) is 123 cm³/mol. The highest BCUT2D eigenvalue weighted by Crippen LogP contribution is 2.37. The topological polar surface area (TPSA) is 67.9 Å². The maximum absolute atomic E-state index is 13.5. The molecule has 2 heterocycles. The number of halogens is 1. The summed E-state index contributed by atoms with van der Waals surface area (Å²) in [6.45, 7) is 4.77. The van der Waals surface area contributed by atoms with E-state index in [1.54, 1.807) is 18.2 Å². The van der Waals surface area contributed by atoms with Crippen LogP contribution in [0.1, 0.15) is 16.7 Å². The molecular weight excluding hydrogens is 423 g/mol. The van der Waals surface area contributed by atoms with Gasteiger partial charge in [0.25, 0.3) is 11.8 Å². The molecule has 0 saturated carbocycles. The fraction of sp³-hybridized carbons (Fsp3) is 0.154. The Bertz CT molecular complexity index is 1310. The number of nitrogens with zero attached hydrogens (tertiary/aromatic N) is 1. The van der Waals surface area contributed by atoms with Crippen LogP contribution in [-0.4, -0.2) is 25.0 Å². The molecule has 0 atom stereocenters. The van der Waals surface area contributed by atoms with Crippen molar-refractivity contribution < 1.29 is 23.5 Å². The second-order valence-electron chi connectivity index (χ2n) is 7.97. The number of rotatable bonds is 4. The number of aryl methyl sites for hydroxylation is 2. The first-order valence-corrected chi connectivity index (χ1v) is 10.6. The van der Waals surface area contributed by atoms with Crippen LogP contribution < -0.4 is 19.7 Å². The largest absolute Gasteiger partial charge is 0.486 e. The molecule has 1 N–H and O–H groups in total. The van der Waals surface area contributed by atoms with Crippen LogP contribution in [0.15, 0.2) is 66.4 Å². The van der Waals surface area contributed by atoms with Gasteiger partial charge in [0.05, 0.1) is 11.3 Å². The molecule has 2 aliphatic rings. The lowest BCUT2D eigenvalue weighted by molar-refractivity contribution is -0.120. The molecule has 166 valence electrons. The molecule has 0 saturated heterocycles. The Morgan fingerprint density at radius 3 is 2.30 bits per heavy atom. The molecule has 0 fully saturated rings. The Morgan fingerprint density at radius 2 is 1.58 bits per heavy atom. The number of carbonyl (C=O) groups excluding carboxylic acids is 2. The van der Waals surface area contributed by atoms with Crippen LogP contribution in [0.3, 0.4) is 0 Å². The van der Waals surface area contributed by atoms with Crippen LogP contribution in [0.2, 0.25) is 0 Å². The van der Waals surface area contributed by atoms with Gasteiger partial charge in [0.1, 0.15) is 24.7 Å². The first kappa shape index (κ1) is 20.8. The van der Waals surface area contributed by atoms with E-state index < -0.39 is 17.6 Å². The van der Waals surface area contributed by atoms with E-state index in [0.717, 1.165) is 16.0 Å². The Balaban J connectivity index is 1.61. The number of ether oxygens (including phenoxy) is 2. The van der Waals surface area contributed by atoms with Gasteiger partial charge in [0, 0.05) is 11.8 Å². The van der Waals surface area contributed by atoms with Crippen LogP contribution in [0, 0.1) is 19.7 Å². The zero-order valence-corrected chi connectivity index (χ0v) is 18.1. The summed E-state index contributed by atoms with van der Waals surface area (Å²) in [5.74, 6) is -0.255. The van der Waals surface area contributed by atoms with Gasteiger partial charge in [-0.05, 0) is 61.4 Å². The van der Waals surface area contributed by atoms with Crippen molar-refractivity contribution in [2.24, 2.45) is 0 Å². The highest BCUT2D eigenvalue weighted by atomic mass is 19.1. The smallest absolute Gasteiger partial charge is 0.282 e. The summed E-state index contributed by atoms with van der Waals surface area (Å²) in [4.78, 5) is 28.1. The van der Waals surface area contributed by atoms with Crippen molar-refractivity contribution in [1.29, 1.82) is 0 Å². The third kappa shape index (κ3) is 3.71. The molecule has 0 aliphatic carbocycles. The molecule has 5 rings (SSSR count). The van der Waals surface area contributed by atoms with Gasteiger partial charge in [-0.15, -0.1) is 0 Å². The molecule has 0 spiro atoms. The molecule has 0 bridgehead atoms. The highest BCUT2D eigenvalue weighted by Gasteiger charge is 2.40. The molecular formula is C26H21FN2O4. The Labute approximate surface area is 190 Å². The van der Waals surface area contributed by atoms with Crippen molar-refractivity contribution in [1.82, 2.24) is 0 Å². The Kier molecular flexibility index (Phi) is 5.09. The van der Waals surface area contributed by atoms with Crippen LogP contribution in [0.25, 0.3) is 5.57 Å². The minimum atomic E-state index is -0.517. The number of anilines is 2. The lowest BCUT2D eigenvalue weighted by Crippen LogP contribution is -2.32. The van der Waals surface area contributed by atoms with Gasteiger partial charge in [-0.25, -0.2) is 9.29 Å². The molecule has 3 aromatic carbocycles. The second kappa shape index (κ2) is 8.09. The standard InChI is InChI=1S/C26H21FN2O4/c1-15-3-9-20(16(2)13-15)23-24(28-18-6-10-21-22(14-18)33-12-11-32-21)26(31)29(25(23)30)19-7-4-17(27)5-8-19/h3-10,13-14,28H,11-12H2,1-2H3. The summed E-state index contributed by atoms with van der Waals surface area (Å²) < 4.78 is 24.7.